The van der Waals surface area contributed by atoms with E-state index < -0.39 is 0 Å². The Bertz CT molecular complexity index is 101. The predicted molar refractivity (Wildman–Crippen MR) is 52.6 cm³/mol. The van der Waals surface area contributed by atoms with E-state index >= 15 is 0 Å². The van der Waals surface area contributed by atoms with E-state index in [4.69, 9.17) is 0 Å². The Kier molecular flexibility index (Phi) is 6.38. The molecule has 0 unspecified atom stereocenters. The van der Waals surface area contributed by atoms with Crippen LogP contribution in [0, 0.1) is 5.92 Å². The second-order valence-corrected chi connectivity index (χ2v) is 3.78. The molecule has 0 heterocycles. The highest BCUT2D eigenvalue weighted by atomic mass is 127. The van der Waals surface area contributed by atoms with Crippen LogP contribution >= 0.6 is 22.6 Å². The quantitative estimate of drug-likeness (QED) is 0.419. The molecule has 1 atom stereocenters. The highest BCUT2D eigenvalue weighted by molar-refractivity contribution is 14.1. The molecule has 0 spiro atoms. The number of unbranched alkanes of at least 4 members (excludes halogenated alkanes) is 1. The Morgan fingerprint density at radius 2 is 2.10 bits per heavy atom. The summed E-state index contributed by atoms with van der Waals surface area (Å²) in [7, 11) is 0. The van der Waals surface area contributed by atoms with E-state index in [-0.39, 0.29) is 5.92 Å². The lowest BCUT2D eigenvalue weighted by molar-refractivity contribution is -0.120. The summed E-state index contributed by atoms with van der Waals surface area (Å²) < 4.78 is 1.21. The minimum absolute atomic E-state index is 0.281. The molecule has 0 rings (SSSR count). The molecule has 0 aliphatic rings. The zero-order valence-corrected chi connectivity index (χ0v) is 8.85. The smallest absolute Gasteiger partial charge is 0.132 e. The normalized spacial score (nSPS) is 13.1. The van der Waals surface area contributed by atoms with Gasteiger partial charge in [-0.15, -0.1) is 0 Å². The van der Waals surface area contributed by atoms with Gasteiger partial charge in [-0.1, -0.05) is 35.9 Å². The van der Waals surface area contributed by atoms with E-state index in [2.05, 4.69) is 22.6 Å². The molecule has 0 aliphatic carbocycles. The molecular formula is C8H15IO. The van der Waals surface area contributed by atoms with E-state index in [0.717, 1.165) is 6.42 Å². The van der Waals surface area contributed by atoms with Gasteiger partial charge < -0.3 is 0 Å². The number of carbonyl (C=O) groups is 1. The monoisotopic (exact) mass is 254 g/mol. The lowest BCUT2D eigenvalue weighted by Gasteiger charge is -2.04. The van der Waals surface area contributed by atoms with E-state index in [9.17, 15) is 4.79 Å². The summed E-state index contributed by atoms with van der Waals surface area (Å²) in [6, 6.07) is 0. The molecular weight excluding hydrogens is 239 g/mol. The van der Waals surface area contributed by atoms with E-state index in [1.54, 1.807) is 6.92 Å². The lowest BCUT2D eigenvalue weighted by atomic mass is 10.0. The Morgan fingerprint density at radius 3 is 2.50 bits per heavy atom. The maximum Gasteiger partial charge on any atom is 0.132 e. The second-order valence-electron chi connectivity index (χ2n) is 2.70. The zero-order chi connectivity index (χ0) is 7.98. The first-order valence-electron chi connectivity index (χ1n) is 3.75. The molecule has 0 N–H and O–H groups in total. The van der Waals surface area contributed by atoms with Crippen molar-refractivity contribution in [2.75, 3.05) is 4.43 Å². The van der Waals surface area contributed by atoms with Crippen molar-refractivity contribution >= 4 is 28.4 Å². The van der Waals surface area contributed by atoms with Crippen molar-refractivity contribution in [1.82, 2.24) is 0 Å². The molecule has 0 radical (unpaired) electrons. The van der Waals surface area contributed by atoms with Crippen LogP contribution in [0.25, 0.3) is 0 Å². The van der Waals surface area contributed by atoms with E-state index in [0.29, 0.717) is 5.78 Å². The van der Waals surface area contributed by atoms with Gasteiger partial charge in [-0.2, -0.15) is 0 Å². The Labute approximate surface area is 76.7 Å². The van der Waals surface area contributed by atoms with Crippen LogP contribution in [0.1, 0.15) is 33.1 Å². The van der Waals surface area contributed by atoms with Gasteiger partial charge in [-0.05, 0) is 24.2 Å². The van der Waals surface area contributed by atoms with Crippen molar-refractivity contribution in [2.24, 2.45) is 5.92 Å². The van der Waals surface area contributed by atoms with Crippen LogP contribution in [0.4, 0.5) is 0 Å². The molecule has 0 aliphatic heterocycles. The minimum Gasteiger partial charge on any atom is -0.300 e. The van der Waals surface area contributed by atoms with Gasteiger partial charge in [0.25, 0.3) is 0 Å². The Hall–Kier alpha value is 0.400. The maximum atomic E-state index is 10.7. The molecule has 60 valence electrons. The van der Waals surface area contributed by atoms with Gasteiger partial charge in [-0.3, -0.25) is 4.79 Å². The number of Topliss-reactive ketones (excluding diaryl/α,β-unsaturated/α-hetero) is 1. The van der Waals surface area contributed by atoms with Crippen molar-refractivity contribution < 1.29 is 4.79 Å². The standard InChI is InChI=1S/C8H15IO/c1-7(8(2)10)5-3-4-6-9/h7H,3-6H2,1-2H3/t7-/m0/s1. The van der Waals surface area contributed by atoms with Crippen LogP contribution < -0.4 is 0 Å². The number of ketones is 1. The molecule has 2 heteroatoms. The molecule has 0 aromatic carbocycles. The highest BCUT2D eigenvalue weighted by Crippen LogP contribution is 2.09. The van der Waals surface area contributed by atoms with Crippen LogP contribution in [-0.4, -0.2) is 10.2 Å². The van der Waals surface area contributed by atoms with Gasteiger partial charge in [0.2, 0.25) is 0 Å². The van der Waals surface area contributed by atoms with Crippen molar-refractivity contribution in [2.45, 2.75) is 33.1 Å². The van der Waals surface area contributed by atoms with Crippen molar-refractivity contribution in [3.05, 3.63) is 0 Å². The SMILES string of the molecule is CC(=O)[C@@H](C)CCCCI. The first-order chi connectivity index (χ1) is 4.68. The van der Waals surface area contributed by atoms with Gasteiger partial charge in [0.15, 0.2) is 0 Å². The molecule has 0 fully saturated rings. The average molecular weight is 254 g/mol. The first kappa shape index (κ1) is 10.4. The van der Waals surface area contributed by atoms with Crippen LogP contribution in [0.15, 0.2) is 0 Å². The van der Waals surface area contributed by atoms with Crippen molar-refractivity contribution in [3.63, 3.8) is 0 Å². The van der Waals surface area contributed by atoms with Gasteiger partial charge in [0, 0.05) is 5.92 Å². The molecule has 0 saturated heterocycles. The summed E-state index contributed by atoms with van der Waals surface area (Å²) in [5.41, 5.74) is 0. The van der Waals surface area contributed by atoms with E-state index in [1.165, 1.54) is 17.3 Å². The number of hydrogen-bond acceptors (Lipinski definition) is 1. The highest BCUT2D eigenvalue weighted by Gasteiger charge is 2.05. The van der Waals surface area contributed by atoms with Crippen LogP contribution in [-0.2, 0) is 4.79 Å². The van der Waals surface area contributed by atoms with Crippen LogP contribution in [0.2, 0.25) is 0 Å². The summed E-state index contributed by atoms with van der Waals surface area (Å²) >= 11 is 2.37. The maximum absolute atomic E-state index is 10.7. The molecule has 0 bridgehead atoms. The summed E-state index contributed by atoms with van der Waals surface area (Å²) in [5, 5.41) is 0. The largest absolute Gasteiger partial charge is 0.300 e. The first-order valence-corrected chi connectivity index (χ1v) is 5.27. The molecule has 0 amide bonds. The third kappa shape index (κ3) is 5.21. The number of alkyl halides is 1. The molecule has 0 aromatic heterocycles. The van der Waals surface area contributed by atoms with Gasteiger partial charge >= 0.3 is 0 Å². The van der Waals surface area contributed by atoms with Gasteiger partial charge in [-0.25, -0.2) is 0 Å². The van der Waals surface area contributed by atoms with Gasteiger partial charge in [0.05, 0.1) is 0 Å². The lowest BCUT2D eigenvalue weighted by Crippen LogP contribution is -2.05. The summed E-state index contributed by atoms with van der Waals surface area (Å²) in [4.78, 5) is 10.7. The second kappa shape index (κ2) is 6.13. The summed E-state index contributed by atoms with van der Waals surface area (Å²) in [6.45, 7) is 3.68. The summed E-state index contributed by atoms with van der Waals surface area (Å²) in [5.74, 6) is 0.608. The average Bonchev–Trinajstić information content (AvgIpc) is 1.88. The fraction of sp³-hybridized carbons (Fsp3) is 0.875. The Morgan fingerprint density at radius 1 is 1.50 bits per heavy atom. The fourth-order valence-corrected chi connectivity index (χ4v) is 1.29. The van der Waals surface area contributed by atoms with Crippen molar-refractivity contribution in [3.8, 4) is 0 Å². The third-order valence-corrected chi connectivity index (χ3v) is 2.48. The number of carbonyl (C=O) groups excluding carboxylic acids is 1. The molecule has 1 nitrogen and oxygen atoms in total. The Balaban J connectivity index is 3.21. The van der Waals surface area contributed by atoms with Gasteiger partial charge in [0.1, 0.15) is 5.78 Å². The zero-order valence-electron chi connectivity index (χ0n) is 6.69. The topological polar surface area (TPSA) is 17.1 Å². The predicted octanol–water partition coefficient (Wildman–Crippen LogP) is 2.82. The number of hydrogen-bond donors (Lipinski definition) is 0. The molecule has 0 saturated carbocycles. The minimum atomic E-state index is 0.281. The number of rotatable bonds is 5. The third-order valence-electron chi connectivity index (χ3n) is 1.71. The fourth-order valence-electron chi connectivity index (χ4n) is 0.748. The number of halogens is 1. The van der Waals surface area contributed by atoms with Crippen LogP contribution in [0.3, 0.4) is 0 Å². The van der Waals surface area contributed by atoms with E-state index in [1.807, 2.05) is 6.92 Å². The molecule has 10 heavy (non-hydrogen) atoms. The van der Waals surface area contributed by atoms with Crippen molar-refractivity contribution in [1.29, 1.82) is 0 Å². The molecule has 0 aromatic rings. The summed E-state index contributed by atoms with van der Waals surface area (Å²) in [6.07, 6.45) is 3.51. The van der Waals surface area contributed by atoms with Crippen LogP contribution in [0.5, 0.6) is 0 Å².